The van der Waals surface area contributed by atoms with E-state index in [4.69, 9.17) is 4.74 Å². The molecule has 0 N–H and O–H groups in total. The molecule has 0 aromatic rings. The van der Waals surface area contributed by atoms with Gasteiger partial charge in [-0.25, -0.2) is 4.79 Å². The summed E-state index contributed by atoms with van der Waals surface area (Å²) in [7, 11) is 0. The zero-order chi connectivity index (χ0) is 17.3. The van der Waals surface area contributed by atoms with E-state index in [9.17, 15) is 9.59 Å². The fraction of sp³-hybridized carbons (Fsp3) is 0.800. The summed E-state index contributed by atoms with van der Waals surface area (Å²) in [4.78, 5) is 27.3. The molecule has 0 aromatic carbocycles. The zero-order valence-corrected chi connectivity index (χ0v) is 15.2. The highest BCUT2D eigenvalue weighted by Crippen LogP contribution is 2.65. The van der Waals surface area contributed by atoms with Crippen LogP contribution in [0.1, 0.15) is 65.2 Å². The Morgan fingerprint density at radius 2 is 1.96 bits per heavy atom. The van der Waals surface area contributed by atoms with Gasteiger partial charge in [-0.15, -0.1) is 0 Å². The normalized spacial score (nSPS) is 32.2. The number of piperidine rings is 1. The SMILES string of the molecule is C=C(C(=O)N1CCCCC1C(=O)OCC(C)C)C12CCCCC1C2. The summed E-state index contributed by atoms with van der Waals surface area (Å²) in [5.41, 5.74) is 0.815. The molecule has 1 saturated heterocycles. The number of rotatable bonds is 5. The molecule has 24 heavy (non-hydrogen) atoms. The summed E-state index contributed by atoms with van der Waals surface area (Å²) in [6, 6.07) is -0.418. The molecule has 4 heteroatoms. The second-order valence-corrected chi connectivity index (χ2v) is 8.32. The topological polar surface area (TPSA) is 46.6 Å². The third kappa shape index (κ3) is 3.25. The average Bonchev–Trinajstić information content (AvgIpc) is 3.34. The van der Waals surface area contributed by atoms with Gasteiger partial charge in [0.2, 0.25) is 0 Å². The van der Waals surface area contributed by atoms with Crippen LogP contribution in [0.4, 0.5) is 0 Å². The quantitative estimate of drug-likeness (QED) is 0.569. The number of likely N-dealkylation sites (tertiary alicyclic amines) is 1. The van der Waals surface area contributed by atoms with Gasteiger partial charge in [0.25, 0.3) is 5.91 Å². The van der Waals surface area contributed by atoms with Crippen LogP contribution >= 0.6 is 0 Å². The van der Waals surface area contributed by atoms with Crippen molar-refractivity contribution in [2.45, 2.75) is 71.3 Å². The van der Waals surface area contributed by atoms with E-state index in [1.807, 2.05) is 13.8 Å². The van der Waals surface area contributed by atoms with Crippen molar-refractivity contribution in [1.29, 1.82) is 0 Å². The summed E-state index contributed by atoms with van der Waals surface area (Å²) < 4.78 is 5.42. The molecule has 2 saturated carbocycles. The Kier molecular flexibility index (Phi) is 5.03. The number of carbonyl (C=O) groups excluding carboxylic acids is 2. The largest absolute Gasteiger partial charge is 0.464 e. The Morgan fingerprint density at radius 1 is 1.21 bits per heavy atom. The first-order valence-electron chi connectivity index (χ1n) is 9.62. The minimum absolute atomic E-state index is 0.00518. The number of amides is 1. The number of esters is 1. The number of fused-ring (bicyclic) bond motifs is 1. The maximum atomic E-state index is 13.1. The lowest BCUT2D eigenvalue weighted by atomic mass is 9.82. The Morgan fingerprint density at radius 3 is 2.67 bits per heavy atom. The highest BCUT2D eigenvalue weighted by molar-refractivity contribution is 5.97. The third-order valence-corrected chi connectivity index (χ3v) is 6.11. The molecule has 0 radical (unpaired) electrons. The van der Waals surface area contributed by atoms with Crippen molar-refractivity contribution in [3.63, 3.8) is 0 Å². The molecule has 3 atom stereocenters. The van der Waals surface area contributed by atoms with Crippen LogP contribution in [0.25, 0.3) is 0 Å². The van der Waals surface area contributed by atoms with Crippen molar-refractivity contribution in [2.75, 3.05) is 13.2 Å². The predicted molar refractivity (Wildman–Crippen MR) is 93.3 cm³/mol. The minimum atomic E-state index is -0.418. The van der Waals surface area contributed by atoms with Crippen molar-refractivity contribution in [3.05, 3.63) is 12.2 Å². The molecule has 2 aliphatic carbocycles. The predicted octanol–water partition coefficient (Wildman–Crippen LogP) is 3.70. The van der Waals surface area contributed by atoms with Crippen LogP contribution in [0.2, 0.25) is 0 Å². The van der Waals surface area contributed by atoms with E-state index in [1.165, 1.54) is 19.3 Å². The number of carbonyl (C=O) groups is 2. The second-order valence-electron chi connectivity index (χ2n) is 8.32. The van der Waals surface area contributed by atoms with Gasteiger partial charge in [-0.05, 0) is 50.4 Å². The molecule has 3 unspecified atom stereocenters. The highest BCUT2D eigenvalue weighted by atomic mass is 16.5. The summed E-state index contributed by atoms with van der Waals surface area (Å²) in [6.07, 6.45) is 8.57. The van der Waals surface area contributed by atoms with E-state index in [1.54, 1.807) is 4.90 Å². The van der Waals surface area contributed by atoms with Crippen molar-refractivity contribution >= 4 is 11.9 Å². The molecular formula is C20H31NO3. The Balaban J connectivity index is 1.67. The van der Waals surface area contributed by atoms with Gasteiger partial charge in [-0.1, -0.05) is 33.3 Å². The van der Waals surface area contributed by atoms with Crippen molar-refractivity contribution in [3.8, 4) is 0 Å². The average molecular weight is 333 g/mol. The molecule has 3 aliphatic rings. The zero-order valence-electron chi connectivity index (χ0n) is 15.2. The first-order valence-corrected chi connectivity index (χ1v) is 9.62. The number of ether oxygens (including phenoxy) is 1. The molecule has 1 amide bonds. The molecule has 0 aromatic heterocycles. The summed E-state index contributed by atoms with van der Waals surface area (Å²) >= 11 is 0. The van der Waals surface area contributed by atoms with Crippen LogP contribution < -0.4 is 0 Å². The van der Waals surface area contributed by atoms with Crippen LogP contribution in [0.5, 0.6) is 0 Å². The van der Waals surface area contributed by atoms with E-state index < -0.39 is 6.04 Å². The first-order chi connectivity index (χ1) is 11.5. The Labute approximate surface area is 145 Å². The molecule has 0 bridgehead atoms. The van der Waals surface area contributed by atoms with Crippen LogP contribution in [0, 0.1) is 17.3 Å². The van der Waals surface area contributed by atoms with E-state index in [0.29, 0.717) is 31.4 Å². The second kappa shape index (κ2) is 6.89. The molecule has 3 rings (SSSR count). The van der Waals surface area contributed by atoms with Crippen molar-refractivity contribution in [2.24, 2.45) is 17.3 Å². The number of nitrogens with zero attached hydrogens (tertiary/aromatic N) is 1. The van der Waals surface area contributed by atoms with E-state index in [2.05, 4.69) is 6.58 Å². The molecule has 134 valence electrons. The van der Waals surface area contributed by atoms with Gasteiger partial charge in [0, 0.05) is 17.5 Å². The monoisotopic (exact) mass is 333 g/mol. The summed E-state index contributed by atoms with van der Waals surface area (Å²) in [5.74, 6) is 0.729. The van der Waals surface area contributed by atoms with E-state index >= 15 is 0 Å². The molecular weight excluding hydrogens is 302 g/mol. The lowest BCUT2D eigenvalue weighted by Gasteiger charge is -2.36. The van der Waals surface area contributed by atoms with Gasteiger partial charge in [0.1, 0.15) is 6.04 Å². The van der Waals surface area contributed by atoms with Crippen molar-refractivity contribution in [1.82, 2.24) is 4.90 Å². The minimum Gasteiger partial charge on any atom is -0.464 e. The van der Waals surface area contributed by atoms with Crippen LogP contribution in [0.15, 0.2) is 12.2 Å². The lowest BCUT2D eigenvalue weighted by molar-refractivity contribution is -0.157. The van der Waals surface area contributed by atoms with Crippen molar-refractivity contribution < 1.29 is 14.3 Å². The van der Waals surface area contributed by atoms with E-state index in [0.717, 1.165) is 31.3 Å². The first kappa shape index (κ1) is 17.5. The van der Waals surface area contributed by atoms with Crippen LogP contribution in [-0.4, -0.2) is 36.0 Å². The molecule has 4 nitrogen and oxygen atoms in total. The number of hydrogen-bond acceptors (Lipinski definition) is 3. The van der Waals surface area contributed by atoms with Gasteiger partial charge in [0.05, 0.1) is 6.61 Å². The molecule has 1 heterocycles. The standard InChI is InChI=1S/C20H31NO3/c1-14(2)13-24-19(23)17-9-5-7-11-21(17)18(22)15(3)20-10-6-4-8-16(20)12-20/h14,16-17H,3-13H2,1-2H3. The fourth-order valence-electron chi connectivity index (χ4n) is 4.57. The van der Waals surface area contributed by atoms with E-state index in [-0.39, 0.29) is 17.3 Å². The fourth-order valence-corrected chi connectivity index (χ4v) is 4.57. The van der Waals surface area contributed by atoms with Gasteiger partial charge in [0.15, 0.2) is 0 Å². The third-order valence-electron chi connectivity index (χ3n) is 6.11. The van der Waals surface area contributed by atoms with Gasteiger partial charge < -0.3 is 9.64 Å². The van der Waals surface area contributed by atoms with Gasteiger partial charge in [-0.3, -0.25) is 4.79 Å². The smallest absolute Gasteiger partial charge is 0.328 e. The van der Waals surface area contributed by atoms with Gasteiger partial charge in [-0.2, -0.15) is 0 Å². The maximum absolute atomic E-state index is 13.1. The summed E-state index contributed by atoms with van der Waals surface area (Å²) in [6.45, 7) is 9.31. The van der Waals surface area contributed by atoms with Gasteiger partial charge >= 0.3 is 5.97 Å². The molecule has 0 spiro atoms. The Hall–Kier alpha value is -1.32. The number of hydrogen-bond donors (Lipinski definition) is 0. The maximum Gasteiger partial charge on any atom is 0.328 e. The molecule has 3 fully saturated rings. The van der Waals surface area contributed by atoms with Crippen LogP contribution in [0.3, 0.4) is 0 Å². The van der Waals surface area contributed by atoms with Crippen LogP contribution in [-0.2, 0) is 14.3 Å². The molecule has 1 aliphatic heterocycles. The Bertz CT molecular complexity index is 527. The summed E-state index contributed by atoms with van der Waals surface area (Å²) in [5, 5.41) is 0. The highest BCUT2D eigenvalue weighted by Gasteiger charge is 2.58. The lowest BCUT2D eigenvalue weighted by Crippen LogP contribution is -2.50.